The molecule has 4 rings (SSSR count). The molecule has 1 aromatic carbocycles. The molecule has 2 heterocycles. The molecule has 10 heteroatoms. The zero-order valence-corrected chi connectivity index (χ0v) is 18.6. The second kappa shape index (κ2) is 9.12. The maximum absolute atomic E-state index is 14.1. The van der Waals surface area contributed by atoms with Gasteiger partial charge in [-0.15, -0.1) is 0 Å². The molecular formula is C21H28FN3O5S. The monoisotopic (exact) mass is 453 g/mol. The zero-order valence-electron chi connectivity index (χ0n) is 17.8. The van der Waals surface area contributed by atoms with Crippen LogP contribution in [0.2, 0.25) is 0 Å². The highest BCUT2D eigenvalue weighted by atomic mass is 32.2. The summed E-state index contributed by atoms with van der Waals surface area (Å²) in [7, 11) is -1.83. The molecule has 0 bridgehead atoms. The van der Waals surface area contributed by atoms with Gasteiger partial charge in [0.05, 0.1) is 11.5 Å². The maximum atomic E-state index is 14.1. The van der Waals surface area contributed by atoms with Gasteiger partial charge in [0.25, 0.3) is 0 Å². The maximum Gasteiger partial charge on any atom is 0.324 e. The van der Waals surface area contributed by atoms with Crippen molar-refractivity contribution < 1.29 is 26.8 Å². The molecule has 2 aromatic rings. The van der Waals surface area contributed by atoms with Gasteiger partial charge in [0.2, 0.25) is 0 Å². The minimum atomic E-state index is -3.43. The molecule has 8 nitrogen and oxygen atoms in total. The van der Waals surface area contributed by atoms with E-state index in [1.165, 1.54) is 18.6 Å². The number of methoxy groups -OCH3 is 1. The molecule has 1 saturated heterocycles. The summed E-state index contributed by atoms with van der Waals surface area (Å²) >= 11 is 0. The van der Waals surface area contributed by atoms with Gasteiger partial charge in [-0.3, -0.25) is 0 Å². The van der Waals surface area contributed by atoms with Crippen molar-refractivity contribution in [2.45, 2.75) is 37.2 Å². The van der Waals surface area contributed by atoms with E-state index in [-0.39, 0.29) is 10.6 Å². The predicted octanol–water partition coefficient (Wildman–Crippen LogP) is 3.08. The highest BCUT2D eigenvalue weighted by Crippen LogP contribution is 2.50. The first-order valence-corrected chi connectivity index (χ1v) is 12.4. The van der Waals surface area contributed by atoms with E-state index in [2.05, 4.69) is 15.0 Å². The third-order valence-electron chi connectivity index (χ3n) is 6.20. The second-order valence-corrected chi connectivity index (χ2v) is 10.4. The summed E-state index contributed by atoms with van der Waals surface area (Å²) in [5, 5.41) is 3.92. The van der Waals surface area contributed by atoms with Crippen LogP contribution in [0.3, 0.4) is 0 Å². The van der Waals surface area contributed by atoms with Crippen molar-refractivity contribution >= 4 is 15.9 Å². The Morgan fingerprint density at radius 1 is 1.29 bits per heavy atom. The lowest BCUT2D eigenvalue weighted by atomic mass is 9.90. The number of benzene rings is 1. The Hall–Kier alpha value is -2.20. The van der Waals surface area contributed by atoms with Crippen molar-refractivity contribution in [3.8, 4) is 5.75 Å². The van der Waals surface area contributed by atoms with Crippen LogP contribution in [0.15, 0.2) is 27.6 Å². The molecule has 0 radical (unpaired) electrons. The summed E-state index contributed by atoms with van der Waals surface area (Å²) in [6, 6.07) is 4.35. The molecule has 0 spiro atoms. The number of anilines is 1. The molecule has 0 unspecified atom stereocenters. The SMILES string of the molecule is COCc1noc(N2CCC([C@@H]3C[C@@H]3CCOc3ccc(S(C)(=O)=O)cc3F)CC2)n1. The number of rotatable bonds is 9. The molecule has 1 aliphatic carbocycles. The van der Waals surface area contributed by atoms with Gasteiger partial charge >= 0.3 is 6.01 Å². The number of sulfone groups is 1. The molecule has 2 fully saturated rings. The molecular weight excluding hydrogens is 425 g/mol. The Morgan fingerprint density at radius 2 is 2.06 bits per heavy atom. The van der Waals surface area contributed by atoms with Crippen molar-refractivity contribution in [2.75, 3.05) is 38.0 Å². The van der Waals surface area contributed by atoms with Crippen LogP contribution < -0.4 is 9.64 Å². The van der Waals surface area contributed by atoms with Crippen LogP contribution in [0.25, 0.3) is 0 Å². The number of ether oxygens (including phenoxy) is 2. The highest BCUT2D eigenvalue weighted by Gasteiger charge is 2.43. The van der Waals surface area contributed by atoms with Crippen LogP contribution in [0.5, 0.6) is 5.75 Å². The first kappa shape index (κ1) is 22.0. The second-order valence-electron chi connectivity index (χ2n) is 8.41. The molecule has 1 aliphatic heterocycles. The summed E-state index contributed by atoms with van der Waals surface area (Å²) in [6.45, 7) is 2.57. The van der Waals surface area contributed by atoms with E-state index >= 15 is 0 Å². The van der Waals surface area contributed by atoms with Gasteiger partial charge in [-0.2, -0.15) is 4.98 Å². The molecule has 1 saturated carbocycles. The third-order valence-corrected chi connectivity index (χ3v) is 7.31. The van der Waals surface area contributed by atoms with Gasteiger partial charge in [0.15, 0.2) is 27.2 Å². The Bertz CT molecular complexity index is 1000. The third kappa shape index (κ3) is 5.35. The number of halogens is 1. The molecule has 31 heavy (non-hydrogen) atoms. The number of piperidine rings is 1. The van der Waals surface area contributed by atoms with Crippen molar-refractivity contribution in [1.29, 1.82) is 0 Å². The average molecular weight is 454 g/mol. The van der Waals surface area contributed by atoms with Crippen LogP contribution in [-0.2, 0) is 21.2 Å². The lowest BCUT2D eigenvalue weighted by molar-refractivity contribution is 0.174. The average Bonchev–Trinajstić information content (AvgIpc) is 3.36. The van der Waals surface area contributed by atoms with E-state index in [1.807, 2.05) is 0 Å². The summed E-state index contributed by atoms with van der Waals surface area (Å²) in [5.41, 5.74) is 0. The van der Waals surface area contributed by atoms with Crippen molar-refractivity contribution in [2.24, 2.45) is 17.8 Å². The minimum Gasteiger partial charge on any atom is -0.491 e. The van der Waals surface area contributed by atoms with Crippen molar-refractivity contribution in [3.63, 3.8) is 0 Å². The van der Waals surface area contributed by atoms with E-state index in [0.717, 1.165) is 44.7 Å². The normalized spacial score (nSPS) is 22.0. The summed E-state index contributed by atoms with van der Waals surface area (Å²) in [4.78, 5) is 6.45. The van der Waals surface area contributed by atoms with E-state index in [0.29, 0.717) is 42.8 Å². The van der Waals surface area contributed by atoms with Crippen LogP contribution in [0, 0.1) is 23.6 Å². The van der Waals surface area contributed by atoms with E-state index < -0.39 is 15.7 Å². The predicted molar refractivity (Wildman–Crippen MR) is 111 cm³/mol. The number of nitrogens with zero attached hydrogens (tertiary/aromatic N) is 3. The zero-order chi connectivity index (χ0) is 22.0. The fraction of sp³-hybridized carbons (Fsp3) is 0.619. The molecule has 2 atom stereocenters. The van der Waals surface area contributed by atoms with Gasteiger partial charge in [0, 0.05) is 26.5 Å². The largest absolute Gasteiger partial charge is 0.491 e. The Kier molecular flexibility index (Phi) is 6.47. The fourth-order valence-corrected chi connectivity index (χ4v) is 5.04. The van der Waals surface area contributed by atoms with Crippen LogP contribution in [-0.4, -0.2) is 51.6 Å². The smallest absolute Gasteiger partial charge is 0.324 e. The van der Waals surface area contributed by atoms with E-state index in [1.54, 1.807) is 7.11 Å². The number of aromatic nitrogens is 2. The fourth-order valence-electron chi connectivity index (χ4n) is 4.41. The molecule has 2 aliphatic rings. The first-order chi connectivity index (χ1) is 14.8. The van der Waals surface area contributed by atoms with Gasteiger partial charge in [-0.1, -0.05) is 5.16 Å². The van der Waals surface area contributed by atoms with Gasteiger partial charge in [0.1, 0.15) is 6.61 Å². The van der Waals surface area contributed by atoms with Gasteiger partial charge in [-0.05, 0) is 61.6 Å². The Morgan fingerprint density at radius 3 is 2.74 bits per heavy atom. The van der Waals surface area contributed by atoms with Crippen LogP contribution in [0.1, 0.15) is 31.5 Å². The van der Waals surface area contributed by atoms with Crippen molar-refractivity contribution in [3.05, 3.63) is 29.8 Å². The molecule has 0 amide bonds. The quantitative estimate of drug-likeness (QED) is 0.572. The number of hydrogen-bond donors (Lipinski definition) is 0. The molecule has 1 aromatic heterocycles. The van der Waals surface area contributed by atoms with Gasteiger partial charge in [-0.25, -0.2) is 12.8 Å². The van der Waals surface area contributed by atoms with E-state index in [9.17, 15) is 12.8 Å². The first-order valence-electron chi connectivity index (χ1n) is 10.5. The standard InChI is InChI=1S/C21H28FN3O5S/c1-28-13-20-23-21(30-24-20)25-8-5-14(6-9-25)17-11-15(17)7-10-29-19-4-3-16(12-18(19)22)31(2,26)27/h3-4,12,14-15,17H,5-11,13H2,1-2H3/t15-,17-/m0/s1. The summed E-state index contributed by atoms with van der Waals surface area (Å²) in [6.07, 6.45) is 5.29. The topological polar surface area (TPSA) is 94.8 Å². The lowest BCUT2D eigenvalue weighted by Gasteiger charge is -2.30. The van der Waals surface area contributed by atoms with E-state index in [4.69, 9.17) is 14.0 Å². The van der Waals surface area contributed by atoms with Crippen LogP contribution >= 0.6 is 0 Å². The Balaban J connectivity index is 1.19. The highest BCUT2D eigenvalue weighted by molar-refractivity contribution is 7.90. The van der Waals surface area contributed by atoms with Crippen LogP contribution in [0.4, 0.5) is 10.4 Å². The minimum absolute atomic E-state index is 0.0404. The Labute approximate surface area is 181 Å². The number of hydrogen-bond acceptors (Lipinski definition) is 8. The molecule has 170 valence electrons. The lowest BCUT2D eigenvalue weighted by Crippen LogP contribution is -2.34. The molecule has 0 N–H and O–H groups in total. The van der Waals surface area contributed by atoms with Gasteiger partial charge < -0.3 is 18.9 Å². The summed E-state index contributed by atoms with van der Waals surface area (Å²) in [5.74, 6) is 1.99. The van der Waals surface area contributed by atoms with Crippen molar-refractivity contribution in [1.82, 2.24) is 10.1 Å². The summed E-state index contributed by atoms with van der Waals surface area (Å²) < 4.78 is 53.0.